The zero-order chi connectivity index (χ0) is 5.82. The molecule has 0 atom stereocenters. The lowest BCUT2D eigenvalue weighted by Gasteiger charge is -1.81. The largest absolute Gasteiger partial charge is 0.184 e. The molecule has 1 aromatic heterocycles. The number of aromatic nitrogens is 2. The Morgan fingerprint density at radius 1 is 1.75 bits per heavy atom. The molecule has 0 saturated carbocycles. The molecule has 0 spiro atoms. The molecule has 0 fully saturated rings. The summed E-state index contributed by atoms with van der Waals surface area (Å²) in [5.41, 5.74) is 1.73. The first-order valence-corrected chi connectivity index (χ1v) is 5.34. The third-order valence-electron chi connectivity index (χ3n) is 0.495. The van der Waals surface area contributed by atoms with Crippen LogP contribution in [0.1, 0.15) is 0 Å². The van der Waals surface area contributed by atoms with Gasteiger partial charge in [-0.3, -0.25) is 0 Å². The second-order valence-electron chi connectivity index (χ2n) is 0.955. The van der Waals surface area contributed by atoms with Crippen molar-refractivity contribution in [3.8, 4) is 0 Å². The Hall–Kier alpha value is 0.260. The van der Waals surface area contributed by atoms with Gasteiger partial charge in [0, 0.05) is 0 Å². The first-order valence-electron chi connectivity index (χ1n) is 1.90. The van der Waals surface area contributed by atoms with Crippen LogP contribution in [0.5, 0.6) is 0 Å². The number of nitrogens with zero attached hydrogens (tertiary/aromatic N) is 2. The average Bonchev–Trinajstić information content (AvgIpc) is 2.19. The van der Waals surface area contributed by atoms with E-state index in [-0.39, 0.29) is 0 Å². The molecule has 0 unspecified atom stereocenters. The summed E-state index contributed by atoms with van der Waals surface area (Å²) in [6, 6.07) is 0. The minimum absolute atomic E-state index is 1.03. The molecule has 1 aromatic rings. The molecule has 0 aliphatic heterocycles. The van der Waals surface area contributed by atoms with Crippen molar-refractivity contribution < 1.29 is 0 Å². The van der Waals surface area contributed by atoms with Crippen LogP contribution < -0.4 is 0 Å². The third-order valence-corrected chi connectivity index (χ3v) is 3.20. The minimum atomic E-state index is 1.03. The van der Waals surface area contributed by atoms with Gasteiger partial charge in [0.25, 0.3) is 0 Å². The maximum absolute atomic E-state index is 3.82. The number of rotatable bonds is 2. The van der Waals surface area contributed by atoms with Gasteiger partial charge in [0.1, 0.15) is 5.51 Å². The van der Waals surface area contributed by atoms with Crippen LogP contribution in [-0.4, -0.2) is 16.5 Å². The Labute approximate surface area is 59.5 Å². The number of hydrogen-bond acceptors (Lipinski definition) is 5. The van der Waals surface area contributed by atoms with E-state index in [9.17, 15) is 0 Å². The Morgan fingerprint density at radius 2 is 2.62 bits per heavy atom. The van der Waals surface area contributed by atoms with Crippen molar-refractivity contribution in [1.29, 1.82) is 0 Å². The molecule has 0 N–H and O–H groups in total. The summed E-state index contributed by atoms with van der Waals surface area (Å²) in [4.78, 5) is 0. The summed E-state index contributed by atoms with van der Waals surface area (Å²) < 4.78 is 1.03. The van der Waals surface area contributed by atoms with Crippen molar-refractivity contribution in [3.63, 3.8) is 0 Å². The van der Waals surface area contributed by atoms with Crippen LogP contribution in [0.3, 0.4) is 0 Å². The smallest absolute Gasteiger partial charge is 0.146 e. The van der Waals surface area contributed by atoms with Gasteiger partial charge < -0.3 is 0 Å². The summed E-state index contributed by atoms with van der Waals surface area (Å²) in [5, 5.41) is 7.49. The molecule has 0 aromatic carbocycles. The quantitative estimate of drug-likeness (QED) is 0.624. The maximum Gasteiger partial charge on any atom is 0.184 e. The first-order chi connectivity index (χ1) is 3.93. The maximum atomic E-state index is 3.82. The van der Waals surface area contributed by atoms with Gasteiger partial charge >= 0.3 is 0 Å². The summed E-state index contributed by atoms with van der Waals surface area (Å²) in [6.45, 7) is 0. The predicted octanol–water partition coefficient (Wildman–Crippen LogP) is 1.91. The van der Waals surface area contributed by atoms with Crippen molar-refractivity contribution in [2.24, 2.45) is 0 Å². The van der Waals surface area contributed by atoms with Crippen LogP contribution >= 0.6 is 32.9 Å². The van der Waals surface area contributed by atoms with Crippen LogP contribution in [0.4, 0.5) is 0 Å². The molecule has 1 heterocycles. The molecule has 0 aliphatic carbocycles. The number of hydrogen-bond donors (Lipinski definition) is 0. The van der Waals surface area contributed by atoms with Crippen LogP contribution in [-0.2, 0) is 0 Å². The van der Waals surface area contributed by atoms with Crippen molar-refractivity contribution in [3.05, 3.63) is 5.51 Å². The van der Waals surface area contributed by atoms with Crippen molar-refractivity contribution >= 4 is 32.9 Å². The molecule has 0 bridgehead atoms. The zero-order valence-electron chi connectivity index (χ0n) is 4.20. The van der Waals surface area contributed by atoms with Gasteiger partial charge in [0.2, 0.25) is 0 Å². The van der Waals surface area contributed by atoms with E-state index < -0.39 is 0 Å². The van der Waals surface area contributed by atoms with Gasteiger partial charge in [-0.2, -0.15) is 0 Å². The van der Waals surface area contributed by atoms with Crippen LogP contribution in [0.15, 0.2) is 9.85 Å². The molecule has 8 heavy (non-hydrogen) atoms. The highest BCUT2D eigenvalue weighted by Gasteiger charge is 1.92. The van der Waals surface area contributed by atoms with E-state index in [4.69, 9.17) is 0 Å². The molecule has 1 rings (SSSR count). The van der Waals surface area contributed by atoms with E-state index in [0.717, 1.165) is 4.34 Å². The lowest BCUT2D eigenvalue weighted by molar-refractivity contribution is 1.01. The molecular weight excluding hydrogens is 160 g/mol. The molecule has 0 radical (unpaired) electrons. The topological polar surface area (TPSA) is 25.8 Å². The molecule has 2 nitrogen and oxygen atoms in total. The van der Waals surface area contributed by atoms with Crippen LogP contribution in [0, 0.1) is 0 Å². The second kappa shape index (κ2) is 3.32. The summed E-state index contributed by atoms with van der Waals surface area (Å²) in [7, 11) is 3.33. The molecule has 5 heteroatoms. The highest BCUT2D eigenvalue weighted by molar-refractivity contribution is 8.76. The van der Waals surface area contributed by atoms with Crippen molar-refractivity contribution in [1.82, 2.24) is 10.2 Å². The van der Waals surface area contributed by atoms with Gasteiger partial charge in [-0.25, -0.2) is 0 Å². The molecule has 0 aliphatic rings. The lowest BCUT2D eigenvalue weighted by Crippen LogP contribution is -1.63. The molecule has 44 valence electrons. The highest BCUT2D eigenvalue weighted by Crippen LogP contribution is 2.28. The van der Waals surface area contributed by atoms with E-state index in [1.807, 2.05) is 6.26 Å². The third kappa shape index (κ3) is 1.65. The SMILES string of the molecule is CSSc1nncs1. The van der Waals surface area contributed by atoms with Crippen molar-refractivity contribution in [2.75, 3.05) is 6.26 Å². The molecule has 0 saturated heterocycles. The summed E-state index contributed by atoms with van der Waals surface area (Å²) in [5.74, 6) is 0. The second-order valence-corrected chi connectivity index (χ2v) is 4.43. The highest BCUT2D eigenvalue weighted by atomic mass is 33.1. The summed E-state index contributed by atoms with van der Waals surface area (Å²) in [6.07, 6.45) is 2.02. The van der Waals surface area contributed by atoms with E-state index in [1.54, 1.807) is 38.4 Å². The minimum Gasteiger partial charge on any atom is -0.146 e. The fourth-order valence-electron chi connectivity index (χ4n) is 0.271. The van der Waals surface area contributed by atoms with E-state index >= 15 is 0 Å². The Bertz CT molecular complexity index is 138. The molecule has 0 amide bonds. The Kier molecular flexibility index (Phi) is 2.65. The van der Waals surface area contributed by atoms with E-state index in [0.29, 0.717) is 0 Å². The Morgan fingerprint density at radius 3 is 3.12 bits per heavy atom. The lowest BCUT2D eigenvalue weighted by atomic mass is 11.6. The first kappa shape index (κ1) is 6.38. The average molecular weight is 164 g/mol. The van der Waals surface area contributed by atoms with Crippen LogP contribution in [0.25, 0.3) is 0 Å². The Balaban J connectivity index is 2.50. The van der Waals surface area contributed by atoms with Crippen LogP contribution in [0.2, 0.25) is 0 Å². The normalized spacial score (nSPS) is 9.62. The van der Waals surface area contributed by atoms with Gasteiger partial charge in [0.15, 0.2) is 4.34 Å². The van der Waals surface area contributed by atoms with E-state index in [1.165, 1.54) is 0 Å². The van der Waals surface area contributed by atoms with E-state index in [2.05, 4.69) is 10.2 Å². The van der Waals surface area contributed by atoms with Gasteiger partial charge in [0.05, 0.1) is 0 Å². The van der Waals surface area contributed by atoms with Gasteiger partial charge in [-0.1, -0.05) is 22.1 Å². The predicted molar refractivity (Wildman–Crippen MR) is 39.3 cm³/mol. The standard InChI is InChI=1S/C3H4N2S3/c1-6-8-3-5-4-2-7-3/h2H,1H3. The zero-order valence-corrected chi connectivity index (χ0v) is 6.65. The van der Waals surface area contributed by atoms with Gasteiger partial charge in [-0.05, 0) is 17.0 Å². The fourth-order valence-corrected chi connectivity index (χ4v) is 2.55. The van der Waals surface area contributed by atoms with Gasteiger partial charge in [-0.15, -0.1) is 10.2 Å². The fraction of sp³-hybridized carbons (Fsp3) is 0.333. The summed E-state index contributed by atoms with van der Waals surface area (Å²) >= 11 is 1.57. The monoisotopic (exact) mass is 164 g/mol. The van der Waals surface area contributed by atoms with Crippen molar-refractivity contribution in [2.45, 2.75) is 4.34 Å². The molecular formula is C3H4N2S3.